The van der Waals surface area contributed by atoms with E-state index in [1.807, 2.05) is 23.6 Å². The first-order valence-electron chi connectivity index (χ1n) is 8.23. The molecule has 0 aliphatic rings. The Balaban J connectivity index is 0.00000196. The van der Waals surface area contributed by atoms with E-state index in [0.29, 0.717) is 11.2 Å². The molecule has 0 aliphatic heterocycles. The van der Waals surface area contributed by atoms with Crippen LogP contribution in [0.4, 0.5) is 0 Å². The normalized spacial score (nSPS) is 11.0. The number of aryl methyl sites for hydroxylation is 1. The van der Waals surface area contributed by atoms with Crippen molar-refractivity contribution >= 4 is 44.7 Å². The van der Waals surface area contributed by atoms with Gasteiger partial charge in [0.15, 0.2) is 0 Å². The summed E-state index contributed by atoms with van der Waals surface area (Å²) >= 11 is 1.41. The lowest BCUT2D eigenvalue weighted by Crippen LogP contribution is -2.04. The minimum absolute atomic E-state index is 0. The van der Waals surface area contributed by atoms with Gasteiger partial charge in [0.25, 0.3) is 5.56 Å². The molecule has 0 fully saturated rings. The standard InChI is InChI=1S/C20H18N2O2S.ClH/c21-10-1-2-12-3-5-13(6-4-12)17-16(23)8-7-15-18(17)14-9-11-25-19(14)20(24)22-15;/h3-9,11,23H,1-2,10,21H2,(H,22,24);1H. The van der Waals surface area contributed by atoms with Crippen LogP contribution in [0, 0.1) is 0 Å². The zero-order chi connectivity index (χ0) is 17.4. The van der Waals surface area contributed by atoms with Gasteiger partial charge in [-0.3, -0.25) is 4.79 Å². The molecule has 134 valence electrons. The van der Waals surface area contributed by atoms with Crippen molar-refractivity contribution in [2.24, 2.45) is 5.73 Å². The van der Waals surface area contributed by atoms with Gasteiger partial charge in [-0.05, 0) is 54.1 Å². The molecule has 0 radical (unpaired) electrons. The molecule has 0 bridgehead atoms. The van der Waals surface area contributed by atoms with Crippen LogP contribution in [0.15, 0.2) is 52.6 Å². The first-order valence-corrected chi connectivity index (χ1v) is 9.11. The Morgan fingerprint density at radius 2 is 1.85 bits per heavy atom. The van der Waals surface area contributed by atoms with Gasteiger partial charge in [0.2, 0.25) is 0 Å². The number of pyridine rings is 1. The van der Waals surface area contributed by atoms with E-state index in [2.05, 4.69) is 17.1 Å². The lowest BCUT2D eigenvalue weighted by atomic mass is 9.96. The lowest BCUT2D eigenvalue weighted by molar-refractivity contribution is 0.478. The Labute approximate surface area is 160 Å². The van der Waals surface area contributed by atoms with E-state index in [1.165, 1.54) is 16.9 Å². The number of nitrogens with two attached hydrogens (primary N) is 1. The molecule has 0 saturated heterocycles. The number of hydrogen-bond donors (Lipinski definition) is 3. The van der Waals surface area contributed by atoms with Gasteiger partial charge in [0, 0.05) is 21.9 Å². The first-order chi connectivity index (χ1) is 12.2. The van der Waals surface area contributed by atoms with Crippen LogP contribution in [-0.4, -0.2) is 16.6 Å². The zero-order valence-electron chi connectivity index (χ0n) is 14.0. The number of aromatic amines is 1. The monoisotopic (exact) mass is 386 g/mol. The Morgan fingerprint density at radius 3 is 2.58 bits per heavy atom. The zero-order valence-corrected chi connectivity index (χ0v) is 15.6. The van der Waals surface area contributed by atoms with Crippen molar-refractivity contribution in [3.05, 3.63) is 63.8 Å². The number of halogens is 1. The number of hydrogen-bond acceptors (Lipinski definition) is 4. The molecule has 0 atom stereocenters. The van der Waals surface area contributed by atoms with E-state index in [1.54, 1.807) is 12.1 Å². The SMILES string of the molecule is Cl.NCCCc1ccc(-c2c(O)ccc3[nH]c(=O)c4sccc4c23)cc1. The van der Waals surface area contributed by atoms with E-state index in [-0.39, 0.29) is 23.7 Å². The molecule has 6 heteroatoms. The van der Waals surface area contributed by atoms with E-state index in [9.17, 15) is 9.90 Å². The van der Waals surface area contributed by atoms with Gasteiger partial charge in [-0.2, -0.15) is 0 Å². The van der Waals surface area contributed by atoms with E-state index < -0.39 is 0 Å². The summed E-state index contributed by atoms with van der Waals surface area (Å²) in [5, 5.41) is 14.2. The molecule has 4 rings (SSSR count). The highest BCUT2D eigenvalue weighted by atomic mass is 35.5. The number of phenolic OH excluding ortho intramolecular Hbond substituents is 1. The van der Waals surface area contributed by atoms with Crippen LogP contribution in [0.2, 0.25) is 0 Å². The second-order valence-corrected chi connectivity index (χ2v) is 7.01. The molecule has 4 aromatic rings. The number of nitrogens with one attached hydrogen (secondary N) is 1. The minimum atomic E-state index is -0.0914. The van der Waals surface area contributed by atoms with Crippen molar-refractivity contribution in [3.63, 3.8) is 0 Å². The molecule has 2 aromatic carbocycles. The molecular formula is C20H19ClN2O2S. The third-order valence-corrected chi connectivity index (χ3v) is 5.40. The summed E-state index contributed by atoms with van der Waals surface area (Å²) in [6, 6.07) is 13.5. The molecular weight excluding hydrogens is 368 g/mol. The maximum Gasteiger partial charge on any atom is 0.266 e. The Hall–Kier alpha value is -2.34. The Kier molecular flexibility index (Phi) is 5.32. The van der Waals surface area contributed by atoms with Gasteiger partial charge in [-0.15, -0.1) is 23.7 Å². The fourth-order valence-corrected chi connectivity index (χ4v) is 4.07. The summed E-state index contributed by atoms with van der Waals surface area (Å²) in [7, 11) is 0. The van der Waals surface area contributed by atoms with Crippen LogP contribution >= 0.6 is 23.7 Å². The van der Waals surface area contributed by atoms with Crippen LogP contribution in [0.25, 0.3) is 32.1 Å². The highest BCUT2D eigenvalue weighted by Crippen LogP contribution is 2.39. The number of benzene rings is 2. The second-order valence-electron chi connectivity index (χ2n) is 6.09. The highest BCUT2D eigenvalue weighted by molar-refractivity contribution is 7.17. The van der Waals surface area contributed by atoms with Gasteiger partial charge in [0.1, 0.15) is 10.4 Å². The Morgan fingerprint density at radius 1 is 1.08 bits per heavy atom. The molecule has 0 saturated carbocycles. The fraction of sp³-hybridized carbons (Fsp3) is 0.150. The number of rotatable bonds is 4. The molecule has 0 spiro atoms. The van der Waals surface area contributed by atoms with E-state index in [0.717, 1.165) is 40.3 Å². The van der Waals surface area contributed by atoms with E-state index >= 15 is 0 Å². The third-order valence-electron chi connectivity index (χ3n) is 4.48. The first kappa shape index (κ1) is 18.5. The number of aromatic nitrogens is 1. The number of aromatic hydroxyl groups is 1. The van der Waals surface area contributed by atoms with Crippen molar-refractivity contribution in [2.75, 3.05) is 6.54 Å². The molecule has 0 amide bonds. The Bertz CT molecular complexity index is 1120. The van der Waals surface area contributed by atoms with Crippen LogP contribution in [0.5, 0.6) is 5.75 Å². The summed E-state index contributed by atoms with van der Waals surface area (Å²) in [5.74, 6) is 0.210. The number of fused-ring (bicyclic) bond motifs is 3. The van der Waals surface area contributed by atoms with Crippen LogP contribution in [-0.2, 0) is 6.42 Å². The van der Waals surface area contributed by atoms with Crippen molar-refractivity contribution in [3.8, 4) is 16.9 Å². The lowest BCUT2D eigenvalue weighted by Gasteiger charge is -2.11. The number of H-pyrrole nitrogens is 1. The van der Waals surface area contributed by atoms with Crippen LogP contribution in [0.3, 0.4) is 0 Å². The van der Waals surface area contributed by atoms with Crippen molar-refractivity contribution in [2.45, 2.75) is 12.8 Å². The molecule has 0 unspecified atom stereocenters. The smallest absolute Gasteiger partial charge is 0.266 e. The predicted octanol–water partition coefficient (Wildman–Crippen LogP) is 4.43. The van der Waals surface area contributed by atoms with Gasteiger partial charge in [0.05, 0.1) is 0 Å². The fourth-order valence-electron chi connectivity index (χ4n) is 3.27. The van der Waals surface area contributed by atoms with Crippen LogP contribution in [0.1, 0.15) is 12.0 Å². The minimum Gasteiger partial charge on any atom is -0.507 e. The average Bonchev–Trinajstić information content (AvgIpc) is 3.12. The summed E-state index contributed by atoms with van der Waals surface area (Å²) in [5.41, 5.74) is 9.12. The largest absolute Gasteiger partial charge is 0.507 e. The average molecular weight is 387 g/mol. The second kappa shape index (κ2) is 7.50. The topological polar surface area (TPSA) is 79.1 Å². The summed E-state index contributed by atoms with van der Waals surface area (Å²) < 4.78 is 0.680. The van der Waals surface area contributed by atoms with E-state index in [4.69, 9.17) is 5.73 Å². The molecule has 0 aliphatic carbocycles. The third kappa shape index (κ3) is 3.09. The maximum atomic E-state index is 12.2. The molecule has 26 heavy (non-hydrogen) atoms. The molecule has 4 N–H and O–H groups in total. The molecule has 2 aromatic heterocycles. The quantitative estimate of drug-likeness (QED) is 0.485. The summed E-state index contributed by atoms with van der Waals surface area (Å²) in [6.07, 6.45) is 1.90. The van der Waals surface area contributed by atoms with Gasteiger partial charge >= 0.3 is 0 Å². The van der Waals surface area contributed by atoms with Crippen LogP contribution < -0.4 is 11.3 Å². The molecule has 4 nitrogen and oxygen atoms in total. The summed E-state index contributed by atoms with van der Waals surface area (Å²) in [6.45, 7) is 0.676. The molecule has 2 heterocycles. The summed E-state index contributed by atoms with van der Waals surface area (Å²) in [4.78, 5) is 15.1. The van der Waals surface area contributed by atoms with Gasteiger partial charge in [-0.1, -0.05) is 24.3 Å². The highest BCUT2D eigenvalue weighted by Gasteiger charge is 2.15. The number of phenols is 1. The van der Waals surface area contributed by atoms with Gasteiger partial charge < -0.3 is 15.8 Å². The van der Waals surface area contributed by atoms with Crippen molar-refractivity contribution in [1.82, 2.24) is 4.98 Å². The predicted molar refractivity (Wildman–Crippen MR) is 112 cm³/mol. The maximum absolute atomic E-state index is 12.2. The van der Waals surface area contributed by atoms with Crippen molar-refractivity contribution in [1.29, 1.82) is 0 Å². The van der Waals surface area contributed by atoms with Crippen molar-refractivity contribution < 1.29 is 5.11 Å². The van der Waals surface area contributed by atoms with Gasteiger partial charge in [-0.25, -0.2) is 0 Å². The number of thiophene rings is 1.